The van der Waals surface area contributed by atoms with Gasteiger partial charge < -0.3 is 18.9 Å². The number of unbranched alkanes of at least 4 members (excludes halogenated alkanes) is 13. The number of likely N-dealkylation sites (N-methyl/N-ethyl adjacent to an activating group) is 1. The van der Waals surface area contributed by atoms with E-state index in [1.165, 1.54) is 57.8 Å². The van der Waals surface area contributed by atoms with Crippen LogP contribution in [0.1, 0.15) is 149 Å². The Morgan fingerprint density at radius 1 is 0.615 bits per heavy atom. The fraction of sp³-hybridized carbons (Fsp3) is 0.744. The molecule has 1 N–H and O–H groups in total. The van der Waals surface area contributed by atoms with Gasteiger partial charge in [0.1, 0.15) is 19.3 Å². The number of rotatable bonds is 37. The molecular weight excluding hydrogens is 673 g/mol. The molecule has 0 amide bonds. The van der Waals surface area contributed by atoms with E-state index in [9.17, 15) is 14.3 Å². The smallest absolute Gasteiger partial charge is 0.457 e. The van der Waals surface area contributed by atoms with Crippen LogP contribution in [-0.4, -0.2) is 75.6 Å². The van der Waals surface area contributed by atoms with Gasteiger partial charge in [-0.15, -0.1) is 0 Å². The molecule has 0 spiro atoms. The predicted molar refractivity (Wildman–Crippen MR) is 219 cm³/mol. The van der Waals surface area contributed by atoms with Gasteiger partial charge in [-0.1, -0.05) is 132 Å². The van der Waals surface area contributed by atoms with Gasteiger partial charge >= 0.3 is 13.8 Å². The van der Waals surface area contributed by atoms with E-state index in [0.717, 1.165) is 70.6 Å². The number of carbonyl (C=O) groups is 1. The number of allylic oxidation sites excluding steroid dienone is 10. The van der Waals surface area contributed by atoms with E-state index in [0.29, 0.717) is 24.1 Å². The first-order chi connectivity index (χ1) is 25.1. The lowest BCUT2D eigenvalue weighted by atomic mass is 10.1. The monoisotopic (exact) mass is 753 g/mol. The normalized spacial score (nSPS) is 14.5. The lowest BCUT2D eigenvalue weighted by molar-refractivity contribution is -0.870. The van der Waals surface area contributed by atoms with E-state index in [1.54, 1.807) is 0 Å². The Labute approximate surface area is 320 Å². The van der Waals surface area contributed by atoms with Gasteiger partial charge in [-0.2, -0.15) is 0 Å². The quantitative estimate of drug-likeness (QED) is 0.0222. The molecule has 2 unspecified atom stereocenters. The Morgan fingerprint density at radius 3 is 1.69 bits per heavy atom. The highest BCUT2D eigenvalue weighted by Crippen LogP contribution is 2.43. The highest BCUT2D eigenvalue weighted by atomic mass is 31.2. The number of hydrogen-bond donors (Lipinski definition) is 1. The molecule has 0 aliphatic rings. The number of hydrogen-bond acceptors (Lipinski definition) is 6. The Kier molecular flexibility index (Phi) is 34.9. The standard InChI is InChI=1S/C43H78NO7P/c1-6-8-10-12-14-16-18-19-20-21-22-23-24-25-26-28-30-32-34-36-43(45)51-42(41-50-52(46,47)49-39-37-44(3,4)5)40-48-38-35-33-31-29-27-17-15-13-11-9-7-2/h8,10-11,13-14,16,19-20,22-23,42H,6-7,9,12,15,17-18,21,24-41H2,1-5H3/p+1/b10-8-,13-11-,16-14-,20-19-,23-22-. The van der Waals surface area contributed by atoms with Crippen molar-refractivity contribution in [3.8, 4) is 0 Å². The number of esters is 1. The van der Waals surface area contributed by atoms with E-state index < -0.39 is 13.9 Å². The summed E-state index contributed by atoms with van der Waals surface area (Å²) in [4.78, 5) is 22.8. The molecule has 9 heteroatoms. The molecule has 0 aromatic rings. The summed E-state index contributed by atoms with van der Waals surface area (Å²) in [5.74, 6) is -0.334. The first-order valence-corrected chi connectivity index (χ1v) is 22.0. The average Bonchev–Trinajstić information content (AvgIpc) is 3.09. The molecule has 52 heavy (non-hydrogen) atoms. The third-order valence-corrected chi connectivity index (χ3v) is 9.28. The Balaban J connectivity index is 4.28. The molecule has 8 nitrogen and oxygen atoms in total. The van der Waals surface area contributed by atoms with Crippen molar-refractivity contribution in [3.63, 3.8) is 0 Å². The first-order valence-electron chi connectivity index (χ1n) is 20.5. The van der Waals surface area contributed by atoms with E-state index in [2.05, 4.69) is 74.6 Å². The molecule has 0 aliphatic carbocycles. The molecule has 0 saturated heterocycles. The largest absolute Gasteiger partial charge is 0.472 e. The number of quaternary nitrogens is 1. The summed E-state index contributed by atoms with van der Waals surface area (Å²) in [6.45, 7) is 5.40. The number of phosphoric acid groups is 1. The maximum atomic E-state index is 12.7. The van der Waals surface area contributed by atoms with Crippen LogP contribution < -0.4 is 0 Å². The second-order valence-electron chi connectivity index (χ2n) is 14.6. The van der Waals surface area contributed by atoms with Gasteiger partial charge in [0.15, 0.2) is 0 Å². The van der Waals surface area contributed by atoms with Crippen molar-refractivity contribution in [2.45, 2.75) is 155 Å². The summed E-state index contributed by atoms with van der Waals surface area (Å²) in [6.07, 6.45) is 43.9. The Hall–Kier alpha value is -1.80. The number of carbonyl (C=O) groups excluding carboxylic acids is 1. The fourth-order valence-electron chi connectivity index (χ4n) is 5.13. The van der Waals surface area contributed by atoms with Crippen molar-refractivity contribution in [2.24, 2.45) is 0 Å². The molecule has 0 saturated carbocycles. The number of phosphoric ester groups is 1. The second kappa shape index (κ2) is 36.2. The minimum absolute atomic E-state index is 0.0816. The van der Waals surface area contributed by atoms with Crippen LogP contribution in [-0.2, 0) is 27.9 Å². The van der Waals surface area contributed by atoms with Crippen molar-refractivity contribution in [2.75, 3.05) is 54.1 Å². The first kappa shape index (κ1) is 50.2. The zero-order valence-corrected chi connectivity index (χ0v) is 34.9. The van der Waals surface area contributed by atoms with E-state index in [1.807, 2.05) is 21.1 Å². The second-order valence-corrected chi connectivity index (χ2v) is 16.1. The molecule has 0 heterocycles. The summed E-state index contributed by atoms with van der Waals surface area (Å²) in [7, 11) is 1.64. The van der Waals surface area contributed by atoms with Crippen molar-refractivity contribution in [1.82, 2.24) is 0 Å². The van der Waals surface area contributed by atoms with E-state index in [-0.39, 0.29) is 25.8 Å². The molecular formula is C43H79NO7P+. The molecule has 0 rings (SSSR count). The van der Waals surface area contributed by atoms with Gasteiger partial charge in [0, 0.05) is 13.0 Å². The molecule has 2 atom stereocenters. The van der Waals surface area contributed by atoms with Crippen molar-refractivity contribution in [1.29, 1.82) is 0 Å². The van der Waals surface area contributed by atoms with Gasteiger partial charge in [-0.3, -0.25) is 13.8 Å². The summed E-state index contributed by atoms with van der Waals surface area (Å²) in [5.41, 5.74) is 0. The topological polar surface area (TPSA) is 91.3 Å². The van der Waals surface area contributed by atoms with Crippen molar-refractivity contribution < 1.29 is 37.3 Å². The fourth-order valence-corrected chi connectivity index (χ4v) is 5.87. The molecule has 0 bridgehead atoms. The Bertz CT molecular complexity index is 1020. The molecule has 0 aliphatic heterocycles. The van der Waals surface area contributed by atoms with Crippen LogP contribution in [0.5, 0.6) is 0 Å². The van der Waals surface area contributed by atoms with Crippen molar-refractivity contribution >= 4 is 13.8 Å². The highest BCUT2D eigenvalue weighted by Gasteiger charge is 2.26. The maximum Gasteiger partial charge on any atom is 0.472 e. The molecule has 0 fully saturated rings. The summed E-state index contributed by atoms with van der Waals surface area (Å²) in [6, 6.07) is 0. The van der Waals surface area contributed by atoms with Crippen LogP contribution in [0.15, 0.2) is 60.8 Å². The predicted octanol–water partition coefficient (Wildman–Crippen LogP) is 11.8. The molecule has 302 valence electrons. The molecule has 0 radical (unpaired) electrons. The van der Waals surface area contributed by atoms with Crippen LogP contribution in [0.3, 0.4) is 0 Å². The van der Waals surface area contributed by atoms with Crippen LogP contribution >= 0.6 is 7.82 Å². The van der Waals surface area contributed by atoms with Crippen LogP contribution in [0, 0.1) is 0 Å². The van der Waals surface area contributed by atoms with Crippen LogP contribution in [0.2, 0.25) is 0 Å². The van der Waals surface area contributed by atoms with Gasteiger partial charge in [0.05, 0.1) is 34.4 Å². The SMILES string of the molecule is CC/C=C\C/C=C\C/C=C\C/C=C\CCCCCCCCC(=O)OC(COCCCCCCCC/C=C\CCC)COP(=O)(O)OCC[N+](C)(C)C. The van der Waals surface area contributed by atoms with Gasteiger partial charge in [-0.25, -0.2) is 4.57 Å². The zero-order valence-electron chi connectivity index (χ0n) is 34.0. The summed E-state index contributed by atoms with van der Waals surface area (Å²) < 4.78 is 34.9. The molecule has 0 aromatic heterocycles. The van der Waals surface area contributed by atoms with E-state index in [4.69, 9.17) is 18.5 Å². The molecule has 0 aromatic carbocycles. The minimum Gasteiger partial charge on any atom is -0.457 e. The number of ether oxygens (including phenoxy) is 2. The van der Waals surface area contributed by atoms with Crippen LogP contribution in [0.25, 0.3) is 0 Å². The third kappa shape index (κ3) is 39.4. The lowest BCUT2D eigenvalue weighted by Crippen LogP contribution is -2.37. The van der Waals surface area contributed by atoms with Crippen LogP contribution in [0.4, 0.5) is 0 Å². The third-order valence-electron chi connectivity index (χ3n) is 8.29. The zero-order chi connectivity index (χ0) is 38.4. The minimum atomic E-state index is -4.28. The van der Waals surface area contributed by atoms with Gasteiger partial charge in [0.2, 0.25) is 0 Å². The number of nitrogens with zero attached hydrogens (tertiary/aromatic N) is 1. The average molecular weight is 753 g/mol. The van der Waals surface area contributed by atoms with E-state index >= 15 is 0 Å². The highest BCUT2D eigenvalue weighted by molar-refractivity contribution is 7.47. The van der Waals surface area contributed by atoms with Gasteiger partial charge in [0.25, 0.3) is 0 Å². The van der Waals surface area contributed by atoms with Crippen molar-refractivity contribution in [3.05, 3.63) is 60.8 Å². The summed E-state index contributed by atoms with van der Waals surface area (Å²) in [5, 5.41) is 0. The lowest BCUT2D eigenvalue weighted by Gasteiger charge is -2.24. The van der Waals surface area contributed by atoms with Gasteiger partial charge in [-0.05, 0) is 70.6 Å². The Morgan fingerprint density at radius 2 is 1.12 bits per heavy atom. The maximum absolute atomic E-state index is 12.7. The summed E-state index contributed by atoms with van der Waals surface area (Å²) >= 11 is 0.